The van der Waals surface area contributed by atoms with Gasteiger partial charge in [0, 0.05) is 57.2 Å². The lowest BCUT2D eigenvalue weighted by molar-refractivity contribution is -0.154. The Kier molecular flexibility index (Phi) is 11.0. The van der Waals surface area contributed by atoms with Gasteiger partial charge in [0.2, 0.25) is 5.82 Å². The monoisotopic (exact) mass is 747 g/mol. The smallest absolute Gasteiger partial charge is 0.422 e. The average Bonchev–Trinajstić information content (AvgIpc) is 3.35. The van der Waals surface area contributed by atoms with Crippen LogP contribution in [0.5, 0.6) is 6.01 Å². The topological polar surface area (TPSA) is 111 Å². The number of hydrogen-bond acceptors (Lipinski definition) is 9. The number of benzene rings is 1. The lowest BCUT2D eigenvalue weighted by Gasteiger charge is -2.34. The highest BCUT2D eigenvalue weighted by Gasteiger charge is 2.35. The molecule has 0 amide bonds. The Morgan fingerprint density at radius 1 is 1.13 bits per heavy atom. The Morgan fingerprint density at radius 3 is 2.39 bits per heavy atom. The molecule has 2 aromatic heterocycles. The molecule has 0 radical (unpaired) electrons. The summed E-state index contributed by atoms with van der Waals surface area (Å²) in [5.41, 5.74) is 2.15. The third-order valence-corrected chi connectivity index (χ3v) is 11.7. The van der Waals surface area contributed by atoms with Crippen molar-refractivity contribution in [2.45, 2.75) is 88.9 Å². The molecule has 0 aliphatic carbocycles. The zero-order valence-electron chi connectivity index (χ0n) is 27.1. The molecule has 46 heavy (non-hydrogen) atoms. The van der Waals surface area contributed by atoms with E-state index < -0.39 is 36.3 Å². The molecule has 16 heteroatoms. The second kappa shape index (κ2) is 13.9. The Morgan fingerprint density at radius 2 is 1.80 bits per heavy atom. The van der Waals surface area contributed by atoms with Crippen molar-refractivity contribution in [2.75, 3.05) is 30.8 Å². The number of hydrogen-bond donors (Lipinski definition) is 0. The van der Waals surface area contributed by atoms with Gasteiger partial charge in [0.1, 0.15) is 11.2 Å². The van der Waals surface area contributed by atoms with Crippen LogP contribution in [0.4, 0.5) is 19.0 Å². The summed E-state index contributed by atoms with van der Waals surface area (Å²) >= 11 is 3.54. The van der Waals surface area contributed by atoms with E-state index in [-0.39, 0.29) is 29.5 Å². The van der Waals surface area contributed by atoms with E-state index in [1.54, 1.807) is 12.1 Å². The molecule has 10 nitrogen and oxygen atoms in total. The van der Waals surface area contributed by atoms with Crippen LogP contribution in [0.2, 0.25) is 25.7 Å². The Bertz CT molecular complexity index is 1610. The van der Waals surface area contributed by atoms with Gasteiger partial charge in [-0.3, -0.25) is 4.90 Å². The molecule has 3 aromatic rings. The first-order chi connectivity index (χ1) is 21.3. The number of nitrogens with zero attached hydrogens (tertiary/aromatic N) is 5. The van der Waals surface area contributed by atoms with Gasteiger partial charge in [-0.15, -0.1) is 0 Å². The summed E-state index contributed by atoms with van der Waals surface area (Å²) in [6.07, 6.45) is -0.911. The van der Waals surface area contributed by atoms with Gasteiger partial charge in [-0.2, -0.15) is 13.2 Å². The van der Waals surface area contributed by atoms with Gasteiger partial charge in [-0.25, -0.2) is 22.7 Å². The van der Waals surface area contributed by atoms with E-state index in [2.05, 4.69) is 60.3 Å². The van der Waals surface area contributed by atoms with Gasteiger partial charge in [0.05, 0.1) is 4.90 Å². The number of anilines is 1. The van der Waals surface area contributed by atoms with Gasteiger partial charge >= 0.3 is 12.2 Å². The van der Waals surface area contributed by atoms with Crippen LogP contribution >= 0.6 is 15.9 Å². The maximum atomic E-state index is 14.2. The molecule has 0 fully saturated rings. The zero-order valence-corrected chi connectivity index (χ0v) is 30.5. The number of halogens is 4. The second-order valence-electron chi connectivity index (χ2n) is 13.6. The second-order valence-corrected chi connectivity index (χ2v) is 21.9. The summed E-state index contributed by atoms with van der Waals surface area (Å²) in [6, 6.07) is 5.45. The fourth-order valence-corrected chi connectivity index (χ4v) is 7.99. The minimum absolute atomic E-state index is 0.0938. The number of rotatable bonds is 12. The molecule has 0 bridgehead atoms. The third-order valence-electron chi connectivity index (χ3n) is 7.59. The first-order valence-corrected chi connectivity index (χ1v) is 20.8. The quantitative estimate of drug-likeness (QED) is 0.109. The van der Waals surface area contributed by atoms with E-state index in [1.165, 1.54) is 12.4 Å². The standard InChI is InChI=1S/C30H41BrF3N5O5SSi/c1-20(23-15-35-28(36-16-23)43-18-30(32,33)34)38-11-10-21-8-9-24(14-22(21)17-38)45(40,41)39(19-42-12-13-46(5,6)7)27-25(31)26(44-37-27)29(2,3)4/h8-9,14-16,20H,10-13,17-19H2,1-7H3/t20-/m1/s1. The minimum Gasteiger partial charge on any atom is -0.454 e. The minimum atomic E-state index is -4.48. The maximum Gasteiger partial charge on any atom is 0.422 e. The molecule has 1 aromatic carbocycles. The van der Waals surface area contributed by atoms with E-state index in [0.717, 1.165) is 21.5 Å². The van der Waals surface area contributed by atoms with Crippen LogP contribution in [0.1, 0.15) is 56.2 Å². The van der Waals surface area contributed by atoms with Crippen LogP contribution in [-0.4, -0.2) is 69.2 Å². The van der Waals surface area contributed by atoms with Crippen molar-refractivity contribution in [3.8, 4) is 6.01 Å². The molecule has 0 spiro atoms. The average molecular weight is 749 g/mol. The molecule has 0 unspecified atom stereocenters. The van der Waals surface area contributed by atoms with Crippen molar-refractivity contribution in [2.24, 2.45) is 0 Å². The molecule has 0 saturated heterocycles. The van der Waals surface area contributed by atoms with Gasteiger partial charge in [0.15, 0.2) is 12.4 Å². The molecular weight excluding hydrogens is 707 g/mol. The van der Waals surface area contributed by atoms with Gasteiger partial charge in [0.25, 0.3) is 10.0 Å². The van der Waals surface area contributed by atoms with Crippen molar-refractivity contribution in [1.82, 2.24) is 20.0 Å². The zero-order chi connectivity index (χ0) is 34.1. The first kappa shape index (κ1) is 36.3. The third kappa shape index (κ3) is 9.08. The molecule has 1 aliphatic heterocycles. The van der Waals surface area contributed by atoms with E-state index in [1.807, 2.05) is 33.8 Å². The Balaban J connectivity index is 1.57. The molecule has 4 rings (SSSR count). The largest absolute Gasteiger partial charge is 0.454 e. The van der Waals surface area contributed by atoms with Crippen LogP contribution in [-0.2, 0) is 33.1 Å². The van der Waals surface area contributed by atoms with Crippen molar-refractivity contribution < 1.29 is 35.6 Å². The van der Waals surface area contributed by atoms with Crippen LogP contribution in [0, 0.1) is 0 Å². The molecule has 0 N–H and O–H groups in total. The van der Waals surface area contributed by atoms with E-state index in [4.69, 9.17) is 9.26 Å². The molecule has 1 atom stereocenters. The molecular formula is C30H41BrF3N5O5SSi. The van der Waals surface area contributed by atoms with Crippen LogP contribution in [0.15, 0.2) is 44.5 Å². The molecule has 1 aliphatic rings. The summed E-state index contributed by atoms with van der Waals surface area (Å²) in [5.74, 6) is 0.636. The summed E-state index contributed by atoms with van der Waals surface area (Å²) in [7, 11) is -5.55. The van der Waals surface area contributed by atoms with E-state index >= 15 is 0 Å². The predicted octanol–water partition coefficient (Wildman–Crippen LogP) is 7.09. The summed E-state index contributed by atoms with van der Waals surface area (Å²) in [6.45, 7) is 14.3. The lowest BCUT2D eigenvalue weighted by Crippen LogP contribution is -2.36. The Hall–Kier alpha value is -2.53. The van der Waals surface area contributed by atoms with Crippen molar-refractivity contribution in [1.29, 1.82) is 0 Å². The van der Waals surface area contributed by atoms with Crippen molar-refractivity contribution in [3.63, 3.8) is 0 Å². The highest BCUT2D eigenvalue weighted by Crippen LogP contribution is 2.39. The number of aromatic nitrogens is 3. The number of sulfonamides is 1. The van der Waals surface area contributed by atoms with E-state index in [0.29, 0.717) is 41.9 Å². The summed E-state index contributed by atoms with van der Waals surface area (Å²) in [4.78, 5) is 10.1. The van der Waals surface area contributed by atoms with Crippen molar-refractivity contribution >= 4 is 39.8 Å². The number of ether oxygens (including phenoxy) is 2. The predicted molar refractivity (Wildman–Crippen MR) is 174 cm³/mol. The van der Waals surface area contributed by atoms with Crippen LogP contribution in [0.25, 0.3) is 0 Å². The van der Waals surface area contributed by atoms with E-state index in [9.17, 15) is 21.6 Å². The highest BCUT2D eigenvalue weighted by atomic mass is 79.9. The summed E-state index contributed by atoms with van der Waals surface area (Å²) in [5, 5.41) is 4.16. The fraction of sp³-hybridized carbons (Fsp3) is 0.567. The maximum absolute atomic E-state index is 14.2. The van der Waals surface area contributed by atoms with Crippen LogP contribution < -0.4 is 9.04 Å². The Labute approximate surface area is 277 Å². The number of alkyl halides is 3. The van der Waals surface area contributed by atoms with Crippen LogP contribution in [0.3, 0.4) is 0 Å². The van der Waals surface area contributed by atoms with Crippen molar-refractivity contribution in [3.05, 3.63) is 57.5 Å². The molecule has 0 saturated carbocycles. The van der Waals surface area contributed by atoms with Gasteiger partial charge in [-0.05, 0) is 58.6 Å². The normalized spacial score (nSPS) is 15.5. The van der Waals surface area contributed by atoms with Gasteiger partial charge < -0.3 is 14.0 Å². The van der Waals surface area contributed by atoms with Gasteiger partial charge in [-0.1, -0.05) is 51.6 Å². The number of fused-ring (bicyclic) bond motifs is 1. The highest BCUT2D eigenvalue weighted by molar-refractivity contribution is 9.10. The molecule has 254 valence electrons. The lowest BCUT2D eigenvalue weighted by atomic mass is 9.93. The SMILES string of the molecule is C[C@H](c1cnc(OCC(F)(F)F)nc1)N1CCc2ccc(S(=O)(=O)N(COCC[Si](C)(C)C)c3noc(C(C)(C)C)c3Br)cc2C1. The first-order valence-electron chi connectivity index (χ1n) is 14.9. The fourth-order valence-electron chi connectivity index (χ4n) is 4.81. The summed E-state index contributed by atoms with van der Waals surface area (Å²) < 4.78 is 83.7. The molecule has 3 heterocycles.